The minimum Gasteiger partial charge on any atom is -0.378 e. The third-order valence-corrected chi connectivity index (χ3v) is 9.12. The van der Waals surface area contributed by atoms with Crippen LogP contribution >= 0.6 is 31.9 Å². The summed E-state index contributed by atoms with van der Waals surface area (Å²) in [5, 5.41) is 3.80. The van der Waals surface area contributed by atoms with E-state index in [1.165, 1.54) is 12.2 Å². The number of rotatable bonds is 12. The van der Waals surface area contributed by atoms with E-state index in [9.17, 15) is 18.0 Å². The number of ether oxygens (including phenoxy) is 2. The molecule has 0 radical (unpaired) electrons. The van der Waals surface area contributed by atoms with Crippen molar-refractivity contribution in [1.29, 1.82) is 0 Å². The molecule has 254 valence electrons. The number of benzene rings is 1. The van der Waals surface area contributed by atoms with E-state index in [-0.39, 0.29) is 18.2 Å². The summed E-state index contributed by atoms with van der Waals surface area (Å²) in [7, 11) is 0. The summed E-state index contributed by atoms with van der Waals surface area (Å²) in [6.07, 6.45) is 12.7. The van der Waals surface area contributed by atoms with E-state index < -0.39 is 11.7 Å². The molecular weight excluding hydrogens is 753 g/mol. The lowest BCUT2D eigenvalue weighted by molar-refractivity contribution is -0.117. The maximum atomic E-state index is 13.5. The fraction of sp³-hybridized carbons (Fsp3) is 0.333. The van der Waals surface area contributed by atoms with Crippen LogP contribution in [0.4, 0.5) is 13.2 Å². The van der Waals surface area contributed by atoms with E-state index in [0.717, 1.165) is 37.2 Å². The molecule has 12 heteroatoms. The first kappa shape index (κ1) is 36.0. The first-order chi connectivity index (χ1) is 23.1. The number of halogens is 5. The average molecular weight is 791 g/mol. The fourth-order valence-corrected chi connectivity index (χ4v) is 6.14. The van der Waals surface area contributed by atoms with Gasteiger partial charge in [-0.3, -0.25) is 4.79 Å². The van der Waals surface area contributed by atoms with Crippen LogP contribution in [0, 0.1) is 5.92 Å². The summed E-state index contributed by atoms with van der Waals surface area (Å²) in [4.78, 5) is 17.9. The van der Waals surface area contributed by atoms with Crippen molar-refractivity contribution >= 4 is 48.9 Å². The molecule has 1 aromatic heterocycles. The van der Waals surface area contributed by atoms with Gasteiger partial charge in [0.05, 0.1) is 43.0 Å². The van der Waals surface area contributed by atoms with E-state index in [4.69, 9.17) is 20.2 Å². The van der Waals surface area contributed by atoms with Crippen molar-refractivity contribution < 1.29 is 27.4 Å². The molecule has 3 aliphatic carbocycles. The van der Waals surface area contributed by atoms with Gasteiger partial charge in [-0.1, -0.05) is 86.5 Å². The first-order valence-electron chi connectivity index (χ1n) is 15.7. The van der Waals surface area contributed by atoms with Gasteiger partial charge >= 0.3 is 6.18 Å². The lowest BCUT2D eigenvalue weighted by Gasteiger charge is -2.19. The third-order valence-electron chi connectivity index (χ3n) is 8.00. The summed E-state index contributed by atoms with van der Waals surface area (Å²) in [6.45, 7) is 3.10. The fourth-order valence-electron chi connectivity index (χ4n) is 5.58. The second-order valence-corrected chi connectivity index (χ2v) is 13.2. The highest BCUT2D eigenvalue weighted by molar-refractivity contribution is 9.12. The van der Waals surface area contributed by atoms with E-state index in [1.807, 2.05) is 48.6 Å². The molecule has 1 heterocycles. The highest BCUT2D eigenvalue weighted by Crippen LogP contribution is 2.31. The normalized spacial score (nSPS) is 20.0. The molecule has 0 bridgehead atoms. The van der Waals surface area contributed by atoms with Gasteiger partial charge in [0.15, 0.2) is 0 Å². The number of carbonyl (C=O) groups is 1. The van der Waals surface area contributed by atoms with Gasteiger partial charge in [0.2, 0.25) is 0 Å². The molecule has 48 heavy (non-hydrogen) atoms. The number of nitrogens with one attached hydrogen (secondary N) is 1. The zero-order valence-electron chi connectivity index (χ0n) is 26.2. The summed E-state index contributed by atoms with van der Waals surface area (Å²) >= 11 is 7.07. The molecule has 0 saturated carbocycles. The number of nitrogens with two attached hydrogens (primary N) is 1. The molecule has 1 aromatic carbocycles. The minimum atomic E-state index is -4.41. The van der Waals surface area contributed by atoms with Gasteiger partial charge in [0.1, 0.15) is 5.48 Å². The summed E-state index contributed by atoms with van der Waals surface area (Å²) in [5.74, 6) is -0.155. The predicted octanol–water partition coefficient (Wildman–Crippen LogP) is 5.91. The summed E-state index contributed by atoms with van der Waals surface area (Å²) in [5.41, 5.74) is 9.35. The van der Waals surface area contributed by atoms with Gasteiger partial charge in [-0.05, 0) is 60.6 Å². The number of allylic oxidation sites excluding steroid dienone is 10. The minimum absolute atomic E-state index is 0.0211. The van der Waals surface area contributed by atoms with Crippen molar-refractivity contribution in [2.24, 2.45) is 11.7 Å². The van der Waals surface area contributed by atoms with Crippen LogP contribution in [0.5, 0.6) is 0 Å². The Labute approximate surface area is 294 Å². The van der Waals surface area contributed by atoms with Crippen LogP contribution in [0.2, 0.25) is 0 Å². The van der Waals surface area contributed by atoms with Crippen molar-refractivity contribution in [2.45, 2.75) is 32.0 Å². The van der Waals surface area contributed by atoms with Gasteiger partial charge in [-0.2, -0.15) is 13.2 Å². The Balaban J connectivity index is 1.43. The van der Waals surface area contributed by atoms with Crippen LogP contribution < -0.4 is 21.9 Å². The van der Waals surface area contributed by atoms with Crippen LogP contribution in [0.15, 0.2) is 99.1 Å². The number of imidazole rings is 1. The van der Waals surface area contributed by atoms with Crippen molar-refractivity contribution in [1.82, 2.24) is 14.9 Å². The monoisotopic (exact) mass is 788 g/mol. The van der Waals surface area contributed by atoms with Crippen LogP contribution in [0.1, 0.15) is 19.3 Å². The van der Waals surface area contributed by atoms with Gasteiger partial charge in [-0.25, -0.2) is 4.98 Å². The third kappa shape index (κ3) is 9.44. The lowest BCUT2D eigenvalue weighted by Crippen LogP contribution is -2.34. The zero-order valence-corrected chi connectivity index (χ0v) is 29.4. The number of carbonyl (C=O) groups excluding carboxylic acids is 1. The average Bonchev–Trinajstić information content (AvgIpc) is 3.45. The Hall–Kier alpha value is -3.29. The van der Waals surface area contributed by atoms with Crippen LogP contribution in [-0.4, -0.2) is 61.2 Å². The van der Waals surface area contributed by atoms with Crippen molar-refractivity contribution in [2.75, 3.05) is 39.5 Å². The molecule has 0 spiro atoms. The van der Waals surface area contributed by atoms with Gasteiger partial charge in [0.25, 0.3) is 5.91 Å². The number of nitrogens with zero attached hydrogens (tertiary/aromatic N) is 2. The zero-order chi connectivity index (χ0) is 34.1. The van der Waals surface area contributed by atoms with Crippen molar-refractivity contribution in [3.8, 4) is 11.3 Å². The molecule has 0 fully saturated rings. The number of aromatic nitrogens is 2. The van der Waals surface area contributed by atoms with E-state index in [0.29, 0.717) is 75.5 Å². The molecule has 1 unspecified atom stereocenters. The Bertz CT molecular complexity index is 1800. The van der Waals surface area contributed by atoms with E-state index >= 15 is 0 Å². The Morgan fingerprint density at radius 2 is 1.67 bits per heavy atom. The lowest BCUT2D eigenvalue weighted by atomic mass is 9.95. The van der Waals surface area contributed by atoms with Crippen LogP contribution in [0.3, 0.4) is 0 Å². The Kier molecular flexibility index (Phi) is 12.7. The molecule has 2 aromatic rings. The molecule has 0 saturated heterocycles. The van der Waals surface area contributed by atoms with E-state index in [2.05, 4.69) is 53.9 Å². The second kappa shape index (κ2) is 16.9. The highest BCUT2D eigenvalue weighted by Gasteiger charge is 2.32. The molecule has 3 aliphatic rings. The summed E-state index contributed by atoms with van der Waals surface area (Å²) in [6, 6.07) is 7.88. The SMILES string of the molecule is NCCOCCOCCNC(=O)C1=CCC(Cn2c(=C3C=CC(C(F)(F)F)=CC3)nc(-c3ccc(Br)cc3)c2=C2C=CC(Br)=CC2)C=C1. The van der Waals surface area contributed by atoms with Gasteiger partial charge in [0, 0.05) is 39.7 Å². The number of hydrogen-bond acceptors (Lipinski definition) is 5. The standard InChI is InChI=1S/C36H37Br2F3N4O3/c37-30-13-7-25(8-14-30)32-33(26-9-15-31(38)16-10-26)45(34(44-32)27-5-11-29(12-6-27)36(39,40)41)23-24-1-3-28(4-2-24)35(46)43-18-20-48-22-21-47-19-17-42/h1,3-5,7-9,11-16,24H,2,6,10,17-23,42H2,(H,43,46). The Morgan fingerprint density at radius 1 is 0.938 bits per heavy atom. The number of amides is 1. The van der Waals surface area contributed by atoms with Gasteiger partial charge in [-0.15, -0.1) is 0 Å². The number of alkyl halides is 3. The van der Waals surface area contributed by atoms with E-state index in [1.54, 1.807) is 0 Å². The molecule has 5 rings (SSSR count). The maximum Gasteiger partial charge on any atom is 0.416 e. The van der Waals surface area contributed by atoms with Gasteiger partial charge < -0.3 is 25.1 Å². The molecule has 3 N–H and O–H groups in total. The first-order valence-corrected chi connectivity index (χ1v) is 17.3. The molecule has 7 nitrogen and oxygen atoms in total. The highest BCUT2D eigenvalue weighted by atomic mass is 79.9. The topological polar surface area (TPSA) is 91.4 Å². The smallest absolute Gasteiger partial charge is 0.378 e. The summed E-state index contributed by atoms with van der Waals surface area (Å²) < 4.78 is 55.2. The molecule has 1 atom stereocenters. The molecule has 0 aliphatic heterocycles. The molecule has 1 amide bonds. The predicted molar refractivity (Wildman–Crippen MR) is 189 cm³/mol. The number of hydrogen-bond donors (Lipinski definition) is 2. The molecular formula is C36H37Br2F3N4O3. The largest absolute Gasteiger partial charge is 0.416 e. The van der Waals surface area contributed by atoms with Crippen LogP contribution in [-0.2, 0) is 20.8 Å². The maximum absolute atomic E-state index is 13.5. The Morgan fingerprint density at radius 3 is 2.29 bits per heavy atom. The second-order valence-electron chi connectivity index (χ2n) is 11.4. The van der Waals surface area contributed by atoms with Crippen molar-refractivity contribution in [3.05, 3.63) is 110 Å². The van der Waals surface area contributed by atoms with Crippen LogP contribution in [0.25, 0.3) is 22.4 Å². The van der Waals surface area contributed by atoms with Crippen molar-refractivity contribution in [3.63, 3.8) is 0 Å². The quantitative estimate of drug-likeness (QED) is 0.261.